The number of fused-ring (bicyclic) bond motifs is 1. The summed E-state index contributed by atoms with van der Waals surface area (Å²) in [6.45, 7) is 4.11. The van der Waals surface area contributed by atoms with E-state index < -0.39 is 4.92 Å². The highest BCUT2D eigenvalue weighted by molar-refractivity contribution is 6.10. The summed E-state index contributed by atoms with van der Waals surface area (Å²) in [5.41, 5.74) is 1.00. The number of para-hydroxylation sites is 1. The van der Waals surface area contributed by atoms with Crippen LogP contribution in [-0.4, -0.2) is 15.7 Å². The van der Waals surface area contributed by atoms with Crippen LogP contribution >= 0.6 is 0 Å². The van der Waals surface area contributed by atoms with Gasteiger partial charge in [0.25, 0.3) is 5.69 Å². The number of hydrogen-bond acceptors (Lipinski definition) is 3. The Morgan fingerprint density at radius 1 is 1.38 bits per heavy atom. The van der Waals surface area contributed by atoms with Gasteiger partial charge in [-0.15, -0.1) is 0 Å². The Balaban J connectivity index is 2.40. The molecule has 21 heavy (non-hydrogen) atoms. The number of unbranched alkanes of at least 4 members (excludes halogenated alkanes) is 1. The lowest BCUT2D eigenvalue weighted by atomic mass is 9.90. The van der Waals surface area contributed by atoms with E-state index in [2.05, 4.69) is 11.9 Å². The number of nitro groups is 1. The van der Waals surface area contributed by atoms with E-state index in [1.807, 2.05) is 6.92 Å². The van der Waals surface area contributed by atoms with E-state index in [1.165, 1.54) is 6.07 Å². The van der Waals surface area contributed by atoms with E-state index >= 15 is 0 Å². The maximum Gasteiger partial charge on any atom is 0.293 e. The van der Waals surface area contributed by atoms with Crippen LogP contribution < -0.4 is 0 Å². The average Bonchev–Trinajstić information content (AvgIpc) is 2.91. The van der Waals surface area contributed by atoms with Gasteiger partial charge in [-0.05, 0) is 12.8 Å². The molecule has 112 valence electrons. The number of non-ortho nitro benzene ring substituents is 1. The molecule has 1 aromatic carbocycles. The number of hydrogen-bond donors (Lipinski definition) is 1. The fourth-order valence-electron chi connectivity index (χ4n) is 2.69. The highest BCUT2D eigenvalue weighted by Crippen LogP contribution is 2.29. The van der Waals surface area contributed by atoms with Gasteiger partial charge in [0, 0.05) is 29.1 Å². The largest absolute Gasteiger partial charge is 0.355 e. The third kappa shape index (κ3) is 2.96. The molecule has 5 nitrogen and oxygen atoms in total. The predicted molar refractivity (Wildman–Crippen MR) is 82.6 cm³/mol. The number of ketones is 1. The second-order valence-electron chi connectivity index (χ2n) is 5.27. The van der Waals surface area contributed by atoms with Gasteiger partial charge < -0.3 is 4.98 Å². The van der Waals surface area contributed by atoms with E-state index in [1.54, 1.807) is 18.3 Å². The van der Waals surface area contributed by atoms with Crippen molar-refractivity contribution in [2.45, 2.75) is 39.5 Å². The van der Waals surface area contributed by atoms with Gasteiger partial charge in [0.1, 0.15) is 5.52 Å². The van der Waals surface area contributed by atoms with Crippen LogP contribution in [0.15, 0.2) is 24.4 Å². The highest BCUT2D eigenvalue weighted by atomic mass is 16.6. The molecule has 0 aliphatic rings. The number of rotatable bonds is 7. The molecule has 0 aliphatic carbocycles. The zero-order chi connectivity index (χ0) is 15.4. The number of carbonyl (C=O) groups is 1. The minimum atomic E-state index is -0.429. The zero-order valence-electron chi connectivity index (χ0n) is 12.4. The fraction of sp³-hybridized carbons (Fsp3) is 0.438. The SMILES string of the molecule is CCCCC(CC)C(=O)c1c[nH]c2c([N+](=O)[O-])cccc12. The molecule has 1 N–H and O–H groups in total. The Morgan fingerprint density at radius 2 is 2.14 bits per heavy atom. The molecule has 0 saturated heterocycles. The molecular formula is C16H20N2O3. The number of aromatic nitrogens is 1. The van der Waals surface area contributed by atoms with Gasteiger partial charge in [-0.2, -0.15) is 0 Å². The van der Waals surface area contributed by atoms with Crippen LogP contribution in [0.5, 0.6) is 0 Å². The van der Waals surface area contributed by atoms with E-state index in [0.717, 1.165) is 25.7 Å². The predicted octanol–water partition coefficient (Wildman–Crippen LogP) is 4.48. The van der Waals surface area contributed by atoms with Crippen molar-refractivity contribution in [2.75, 3.05) is 0 Å². The quantitative estimate of drug-likeness (QED) is 0.463. The maximum absolute atomic E-state index is 12.6. The minimum Gasteiger partial charge on any atom is -0.355 e. The monoisotopic (exact) mass is 288 g/mol. The summed E-state index contributed by atoms with van der Waals surface area (Å²) < 4.78 is 0. The van der Waals surface area contributed by atoms with Crippen LogP contribution in [0.3, 0.4) is 0 Å². The van der Waals surface area contributed by atoms with Crippen molar-refractivity contribution in [3.8, 4) is 0 Å². The molecule has 0 saturated carbocycles. The van der Waals surface area contributed by atoms with Crippen LogP contribution in [0.4, 0.5) is 5.69 Å². The number of benzene rings is 1. The molecule has 0 spiro atoms. The first-order valence-corrected chi connectivity index (χ1v) is 7.38. The lowest BCUT2D eigenvalue weighted by molar-refractivity contribution is -0.383. The number of nitrogens with zero attached hydrogens (tertiary/aromatic N) is 1. The molecule has 1 unspecified atom stereocenters. The molecule has 1 atom stereocenters. The van der Waals surface area contributed by atoms with Crippen molar-refractivity contribution >= 4 is 22.4 Å². The van der Waals surface area contributed by atoms with E-state index in [0.29, 0.717) is 16.5 Å². The normalized spacial score (nSPS) is 12.5. The van der Waals surface area contributed by atoms with Gasteiger partial charge in [-0.1, -0.05) is 38.8 Å². The Kier molecular flexibility index (Phi) is 4.73. The van der Waals surface area contributed by atoms with Crippen molar-refractivity contribution < 1.29 is 9.72 Å². The number of nitro benzene ring substituents is 1. The Morgan fingerprint density at radius 3 is 2.76 bits per heavy atom. The molecule has 0 aliphatic heterocycles. The molecule has 0 radical (unpaired) electrons. The first-order valence-electron chi connectivity index (χ1n) is 7.38. The molecule has 1 heterocycles. The third-order valence-corrected chi connectivity index (χ3v) is 3.93. The van der Waals surface area contributed by atoms with E-state index in [9.17, 15) is 14.9 Å². The highest BCUT2D eigenvalue weighted by Gasteiger charge is 2.23. The minimum absolute atomic E-state index is 0.00755. The topological polar surface area (TPSA) is 76.0 Å². The molecule has 5 heteroatoms. The molecule has 0 fully saturated rings. The lowest BCUT2D eigenvalue weighted by Gasteiger charge is -2.12. The van der Waals surface area contributed by atoms with Gasteiger partial charge in [-0.3, -0.25) is 14.9 Å². The third-order valence-electron chi connectivity index (χ3n) is 3.93. The summed E-state index contributed by atoms with van der Waals surface area (Å²) in [4.78, 5) is 26.1. The van der Waals surface area contributed by atoms with Crippen LogP contribution in [0.1, 0.15) is 49.9 Å². The maximum atomic E-state index is 12.6. The average molecular weight is 288 g/mol. The Hall–Kier alpha value is -2.17. The summed E-state index contributed by atoms with van der Waals surface area (Å²) in [6, 6.07) is 4.83. The van der Waals surface area contributed by atoms with Crippen LogP contribution in [0.2, 0.25) is 0 Å². The van der Waals surface area contributed by atoms with Gasteiger partial charge in [0.2, 0.25) is 0 Å². The Bertz CT molecular complexity index is 661. The van der Waals surface area contributed by atoms with Gasteiger partial charge in [0.15, 0.2) is 5.78 Å². The molecule has 1 aromatic heterocycles. The van der Waals surface area contributed by atoms with Crippen molar-refractivity contribution in [1.82, 2.24) is 4.98 Å². The van der Waals surface area contributed by atoms with Crippen molar-refractivity contribution in [2.24, 2.45) is 5.92 Å². The number of nitrogens with one attached hydrogen (secondary N) is 1. The van der Waals surface area contributed by atoms with Crippen molar-refractivity contribution in [1.29, 1.82) is 0 Å². The van der Waals surface area contributed by atoms with Gasteiger partial charge in [-0.25, -0.2) is 0 Å². The summed E-state index contributed by atoms with van der Waals surface area (Å²) in [7, 11) is 0. The summed E-state index contributed by atoms with van der Waals surface area (Å²) >= 11 is 0. The van der Waals surface area contributed by atoms with Crippen LogP contribution in [0.25, 0.3) is 10.9 Å². The van der Waals surface area contributed by atoms with Crippen molar-refractivity contribution in [3.63, 3.8) is 0 Å². The summed E-state index contributed by atoms with van der Waals surface area (Å²) in [5, 5.41) is 11.7. The fourth-order valence-corrected chi connectivity index (χ4v) is 2.69. The smallest absolute Gasteiger partial charge is 0.293 e. The second-order valence-corrected chi connectivity index (χ2v) is 5.27. The zero-order valence-corrected chi connectivity index (χ0v) is 12.4. The number of H-pyrrole nitrogens is 1. The molecular weight excluding hydrogens is 268 g/mol. The Labute approximate surface area is 123 Å². The van der Waals surface area contributed by atoms with E-state index in [-0.39, 0.29) is 17.4 Å². The lowest BCUT2D eigenvalue weighted by Crippen LogP contribution is -2.13. The van der Waals surface area contributed by atoms with Gasteiger partial charge >= 0.3 is 0 Å². The standard InChI is InChI=1S/C16H20N2O3/c1-3-5-7-11(4-2)16(19)13-10-17-15-12(13)8-6-9-14(15)18(20)21/h6,8-11,17H,3-5,7H2,1-2H3. The molecule has 2 rings (SSSR count). The number of Topliss-reactive ketones (excluding diaryl/α,β-unsaturated/α-hetero) is 1. The van der Waals surface area contributed by atoms with Crippen LogP contribution in [0, 0.1) is 16.0 Å². The first kappa shape index (κ1) is 15.2. The molecule has 0 bridgehead atoms. The van der Waals surface area contributed by atoms with Gasteiger partial charge in [0.05, 0.1) is 4.92 Å². The summed E-state index contributed by atoms with van der Waals surface area (Å²) in [5.74, 6) is 0.0703. The van der Waals surface area contributed by atoms with E-state index in [4.69, 9.17) is 0 Å². The first-order chi connectivity index (χ1) is 10.1. The molecule has 2 aromatic rings. The van der Waals surface area contributed by atoms with Crippen molar-refractivity contribution in [3.05, 3.63) is 40.1 Å². The number of carbonyl (C=O) groups excluding carboxylic acids is 1. The second kappa shape index (κ2) is 6.52. The van der Waals surface area contributed by atoms with Crippen LogP contribution in [-0.2, 0) is 0 Å². The number of aromatic amines is 1. The molecule has 0 amide bonds. The summed E-state index contributed by atoms with van der Waals surface area (Å²) in [6.07, 6.45) is 5.35.